The number of hydrogen-bond acceptors (Lipinski definition) is 13. The Balaban J connectivity index is 1.07. The number of hydrogen-bond donors (Lipinski definition) is 8. The first-order chi connectivity index (χ1) is 21.7. The van der Waals surface area contributed by atoms with E-state index in [-0.39, 0.29) is 18.9 Å². The third-order valence-electron chi connectivity index (χ3n) is 8.73. The SMILES string of the molecule is NC[C@H]1O[C@H](O[C@H]2[C@H](OCCCCCCNC(=O)c3ccnc4c3ccc3cccnc34)[C@@H](O)[C@H](N)C[C@@H]2N)[C@H](N)[C@@H](O)[C@@H]1O. The number of nitrogens with zero attached hydrogens (tertiary/aromatic N) is 2. The first-order valence-corrected chi connectivity index (χ1v) is 15.6. The second-order valence-electron chi connectivity index (χ2n) is 11.9. The molecule has 3 aromatic rings. The minimum absolute atomic E-state index is 0.0472. The summed E-state index contributed by atoms with van der Waals surface area (Å²) in [6.07, 6.45) is -0.456. The molecular weight excluding hydrogens is 582 g/mol. The highest BCUT2D eigenvalue weighted by Crippen LogP contribution is 2.29. The van der Waals surface area contributed by atoms with Crippen molar-refractivity contribution in [2.24, 2.45) is 22.9 Å². The van der Waals surface area contributed by atoms with E-state index in [2.05, 4.69) is 15.3 Å². The highest BCUT2D eigenvalue weighted by atomic mass is 16.7. The van der Waals surface area contributed by atoms with Gasteiger partial charge in [-0.15, -0.1) is 0 Å². The van der Waals surface area contributed by atoms with Gasteiger partial charge in [0.25, 0.3) is 5.91 Å². The van der Waals surface area contributed by atoms with E-state index in [0.717, 1.165) is 35.6 Å². The van der Waals surface area contributed by atoms with Crippen LogP contribution >= 0.6 is 0 Å². The number of aliphatic hydroxyl groups excluding tert-OH is 3. The van der Waals surface area contributed by atoms with Crippen molar-refractivity contribution in [1.29, 1.82) is 0 Å². The minimum Gasteiger partial charge on any atom is -0.389 e. The number of benzene rings is 1. The summed E-state index contributed by atoms with van der Waals surface area (Å²) in [6.45, 7) is 0.791. The van der Waals surface area contributed by atoms with Crippen LogP contribution in [0, 0.1) is 0 Å². The van der Waals surface area contributed by atoms with E-state index in [4.69, 9.17) is 37.1 Å². The van der Waals surface area contributed by atoms with Crippen LogP contribution in [-0.2, 0) is 14.2 Å². The van der Waals surface area contributed by atoms with Gasteiger partial charge in [-0.2, -0.15) is 0 Å². The van der Waals surface area contributed by atoms with Crippen molar-refractivity contribution in [1.82, 2.24) is 15.3 Å². The standard InChI is InChI=1S/C31H45N7O7/c32-15-21-26(40)27(41)22(35)31(44-21)45-28-20(34)14-19(33)25(39)29(28)43-13-4-2-1-3-10-38-30(42)18-9-12-37-24-17(18)8-7-16-6-5-11-36-23(16)24/h5-9,11-12,19-22,25-29,31,39-41H,1-4,10,13-15,32-35H2,(H,38,42)/t19-,20+,21-,22-,25+,26-,27-,28-,29-,31-/m1/s1. The van der Waals surface area contributed by atoms with Gasteiger partial charge < -0.3 is 57.8 Å². The van der Waals surface area contributed by atoms with Gasteiger partial charge in [0.15, 0.2) is 6.29 Å². The summed E-state index contributed by atoms with van der Waals surface area (Å²) in [5.41, 5.74) is 26.2. The summed E-state index contributed by atoms with van der Waals surface area (Å²) in [4.78, 5) is 21.9. The number of nitrogens with one attached hydrogen (secondary N) is 1. The number of rotatable bonds is 12. The number of carbonyl (C=O) groups is 1. The highest BCUT2D eigenvalue weighted by Gasteiger charge is 2.48. The van der Waals surface area contributed by atoms with Crippen molar-refractivity contribution in [3.05, 3.63) is 48.3 Å². The van der Waals surface area contributed by atoms with Crippen LogP contribution < -0.4 is 28.3 Å². The zero-order valence-electron chi connectivity index (χ0n) is 25.2. The fraction of sp³-hybridized carbons (Fsp3) is 0.581. The molecule has 45 heavy (non-hydrogen) atoms. The Labute approximate surface area is 261 Å². The monoisotopic (exact) mass is 627 g/mol. The Kier molecular flexibility index (Phi) is 11.3. The molecule has 10 atom stereocenters. The molecule has 1 saturated heterocycles. The molecule has 3 heterocycles. The summed E-state index contributed by atoms with van der Waals surface area (Å²) in [7, 11) is 0. The molecule has 246 valence electrons. The number of ether oxygens (including phenoxy) is 3. The number of aliphatic hydroxyl groups is 3. The fourth-order valence-electron chi connectivity index (χ4n) is 6.11. The van der Waals surface area contributed by atoms with Gasteiger partial charge in [-0.3, -0.25) is 14.8 Å². The molecule has 14 heteroatoms. The van der Waals surface area contributed by atoms with E-state index in [1.807, 2.05) is 24.3 Å². The molecule has 1 aromatic carbocycles. The third kappa shape index (κ3) is 7.41. The maximum atomic E-state index is 13.0. The molecule has 12 N–H and O–H groups in total. The van der Waals surface area contributed by atoms with Gasteiger partial charge in [-0.05, 0) is 31.4 Å². The Morgan fingerprint density at radius 3 is 2.49 bits per heavy atom. The summed E-state index contributed by atoms with van der Waals surface area (Å²) < 4.78 is 17.8. The van der Waals surface area contributed by atoms with Gasteiger partial charge in [0, 0.05) is 54.9 Å². The molecule has 2 aromatic heterocycles. The molecule has 2 aliphatic rings. The summed E-state index contributed by atoms with van der Waals surface area (Å²) in [6, 6.07) is 7.15. The Hall–Kier alpha value is -2.89. The van der Waals surface area contributed by atoms with Crippen molar-refractivity contribution in [2.45, 2.75) is 93.1 Å². The number of aromatic nitrogens is 2. The zero-order chi connectivity index (χ0) is 32.1. The van der Waals surface area contributed by atoms with E-state index < -0.39 is 61.0 Å². The molecule has 0 bridgehead atoms. The number of nitrogens with two attached hydrogens (primary N) is 4. The largest absolute Gasteiger partial charge is 0.389 e. The predicted octanol–water partition coefficient (Wildman–Crippen LogP) is -1.00. The molecule has 2 fully saturated rings. The number of carbonyl (C=O) groups excluding carboxylic acids is 1. The Bertz CT molecular complexity index is 1430. The maximum Gasteiger partial charge on any atom is 0.252 e. The summed E-state index contributed by atoms with van der Waals surface area (Å²) >= 11 is 0. The third-order valence-corrected chi connectivity index (χ3v) is 8.73. The smallest absolute Gasteiger partial charge is 0.252 e. The highest BCUT2D eigenvalue weighted by molar-refractivity contribution is 6.12. The lowest BCUT2D eigenvalue weighted by molar-refractivity contribution is -0.291. The van der Waals surface area contributed by atoms with E-state index in [1.54, 1.807) is 18.5 Å². The lowest BCUT2D eigenvalue weighted by atomic mass is 9.84. The summed E-state index contributed by atoms with van der Waals surface area (Å²) in [5.74, 6) is -0.160. The predicted molar refractivity (Wildman–Crippen MR) is 167 cm³/mol. The van der Waals surface area contributed by atoms with Crippen LogP contribution in [0.2, 0.25) is 0 Å². The lowest BCUT2D eigenvalue weighted by Gasteiger charge is -2.46. The minimum atomic E-state index is -1.31. The van der Waals surface area contributed by atoms with Crippen molar-refractivity contribution >= 4 is 27.7 Å². The van der Waals surface area contributed by atoms with Crippen LogP contribution in [0.4, 0.5) is 0 Å². The Morgan fingerprint density at radius 2 is 1.69 bits per heavy atom. The quantitative estimate of drug-likeness (QED) is 0.0887. The maximum absolute atomic E-state index is 13.0. The molecule has 0 radical (unpaired) electrons. The molecular formula is C31H45N7O7. The van der Waals surface area contributed by atoms with Gasteiger partial charge in [0.1, 0.15) is 30.5 Å². The molecule has 1 aliphatic carbocycles. The molecule has 1 aliphatic heterocycles. The van der Waals surface area contributed by atoms with Crippen LogP contribution in [-0.4, -0.2) is 112 Å². The average molecular weight is 628 g/mol. The van der Waals surface area contributed by atoms with Crippen molar-refractivity contribution in [2.75, 3.05) is 19.7 Å². The molecule has 14 nitrogen and oxygen atoms in total. The fourth-order valence-corrected chi connectivity index (χ4v) is 6.11. The van der Waals surface area contributed by atoms with E-state index >= 15 is 0 Å². The number of unbranched alkanes of at least 4 members (excludes halogenated alkanes) is 3. The van der Waals surface area contributed by atoms with Crippen molar-refractivity contribution < 1.29 is 34.3 Å². The van der Waals surface area contributed by atoms with Gasteiger partial charge in [-0.25, -0.2) is 0 Å². The molecule has 1 saturated carbocycles. The molecule has 5 rings (SSSR count). The van der Waals surface area contributed by atoms with Crippen LogP contribution in [0.5, 0.6) is 0 Å². The Morgan fingerprint density at radius 1 is 0.911 bits per heavy atom. The second-order valence-corrected chi connectivity index (χ2v) is 11.9. The van der Waals surface area contributed by atoms with Gasteiger partial charge >= 0.3 is 0 Å². The van der Waals surface area contributed by atoms with E-state index in [0.29, 0.717) is 30.7 Å². The van der Waals surface area contributed by atoms with Crippen LogP contribution in [0.1, 0.15) is 42.5 Å². The lowest BCUT2D eigenvalue weighted by Crippen LogP contribution is -2.67. The number of amides is 1. The van der Waals surface area contributed by atoms with Crippen molar-refractivity contribution in [3.8, 4) is 0 Å². The average Bonchev–Trinajstić information content (AvgIpc) is 3.05. The first-order valence-electron chi connectivity index (χ1n) is 15.6. The molecule has 1 amide bonds. The first kappa shape index (κ1) is 33.5. The van der Waals surface area contributed by atoms with Crippen LogP contribution in [0.25, 0.3) is 21.8 Å². The number of fused-ring (bicyclic) bond motifs is 3. The van der Waals surface area contributed by atoms with Crippen molar-refractivity contribution in [3.63, 3.8) is 0 Å². The van der Waals surface area contributed by atoms with Crippen LogP contribution in [0.15, 0.2) is 42.7 Å². The normalized spacial score (nSPS) is 32.2. The summed E-state index contributed by atoms with van der Waals surface area (Å²) in [5, 5.41) is 36.1. The second kappa shape index (κ2) is 15.1. The zero-order valence-corrected chi connectivity index (χ0v) is 25.2. The van der Waals surface area contributed by atoms with Gasteiger partial charge in [0.2, 0.25) is 0 Å². The van der Waals surface area contributed by atoms with Gasteiger partial charge in [-0.1, -0.05) is 31.0 Å². The molecule has 0 spiro atoms. The van der Waals surface area contributed by atoms with Gasteiger partial charge in [0.05, 0.1) is 28.7 Å². The number of pyridine rings is 2. The van der Waals surface area contributed by atoms with E-state index in [9.17, 15) is 20.1 Å². The van der Waals surface area contributed by atoms with E-state index in [1.165, 1.54) is 0 Å². The topological polar surface area (TPSA) is 247 Å². The van der Waals surface area contributed by atoms with Crippen LogP contribution in [0.3, 0.4) is 0 Å². The molecule has 0 unspecified atom stereocenters.